The van der Waals surface area contributed by atoms with Gasteiger partial charge in [-0.3, -0.25) is 4.79 Å². The van der Waals surface area contributed by atoms with Crippen LogP contribution in [-0.2, 0) is 0 Å². The van der Waals surface area contributed by atoms with Crippen LogP contribution in [0.1, 0.15) is 16.8 Å². The lowest BCUT2D eigenvalue weighted by molar-refractivity contribution is -0.136. The molecule has 0 aliphatic rings. The molecular weight excluding hydrogens is 318 g/mol. The molecule has 1 aromatic carbocycles. The molecule has 0 aromatic heterocycles. The van der Waals surface area contributed by atoms with Crippen LogP contribution in [-0.4, -0.2) is 30.6 Å². The summed E-state index contributed by atoms with van der Waals surface area (Å²) in [7, 11) is 1.27. The first-order valence-electron chi connectivity index (χ1n) is 4.98. The van der Waals surface area contributed by atoms with E-state index in [2.05, 4.69) is 15.9 Å². The Bertz CT molecular complexity index is 447. The van der Waals surface area contributed by atoms with E-state index in [0.29, 0.717) is 0 Å². The van der Waals surface area contributed by atoms with Gasteiger partial charge < -0.3 is 4.90 Å². The van der Waals surface area contributed by atoms with Gasteiger partial charge in [-0.25, -0.2) is 4.39 Å². The number of halogens is 5. The number of nitrogens with zero attached hydrogens (tertiary/aromatic N) is 1. The molecule has 18 heavy (non-hydrogen) atoms. The van der Waals surface area contributed by atoms with Crippen molar-refractivity contribution >= 4 is 21.8 Å². The second-order valence-electron chi connectivity index (χ2n) is 3.72. The van der Waals surface area contributed by atoms with Gasteiger partial charge >= 0.3 is 6.18 Å². The van der Waals surface area contributed by atoms with Gasteiger partial charge in [0.15, 0.2) is 0 Å². The van der Waals surface area contributed by atoms with Gasteiger partial charge in [-0.1, -0.05) is 0 Å². The monoisotopic (exact) mass is 327 g/mol. The van der Waals surface area contributed by atoms with E-state index < -0.39 is 30.9 Å². The molecule has 0 saturated heterocycles. The topological polar surface area (TPSA) is 20.3 Å². The SMILES string of the molecule is CN(CCC(F)(F)F)C(=O)c1ccc(F)c(Br)c1. The molecule has 7 heteroatoms. The molecular formula is C11H10BrF4NO. The molecule has 0 aliphatic heterocycles. The van der Waals surface area contributed by atoms with E-state index in [4.69, 9.17) is 0 Å². The fourth-order valence-corrected chi connectivity index (χ4v) is 1.62. The Hall–Kier alpha value is -1.11. The lowest BCUT2D eigenvalue weighted by Crippen LogP contribution is -2.30. The Morgan fingerprint density at radius 2 is 2.00 bits per heavy atom. The van der Waals surface area contributed by atoms with E-state index in [-0.39, 0.29) is 10.0 Å². The van der Waals surface area contributed by atoms with Gasteiger partial charge in [0.05, 0.1) is 10.9 Å². The summed E-state index contributed by atoms with van der Waals surface area (Å²) >= 11 is 2.91. The maximum Gasteiger partial charge on any atom is 0.390 e. The van der Waals surface area contributed by atoms with Crippen LogP contribution in [0, 0.1) is 5.82 Å². The van der Waals surface area contributed by atoms with Gasteiger partial charge in [-0.15, -0.1) is 0 Å². The molecule has 0 aliphatic carbocycles. The number of hydrogen-bond acceptors (Lipinski definition) is 1. The molecule has 0 heterocycles. The Morgan fingerprint density at radius 3 is 2.50 bits per heavy atom. The van der Waals surface area contributed by atoms with Crippen LogP contribution in [0.25, 0.3) is 0 Å². The summed E-state index contributed by atoms with van der Waals surface area (Å²) in [6.07, 6.45) is -5.38. The molecule has 0 unspecified atom stereocenters. The van der Waals surface area contributed by atoms with Crippen LogP contribution in [0.15, 0.2) is 22.7 Å². The van der Waals surface area contributed by atoms with E-state index in [9.17, 15) is 22.4 Å². The van der Waals surface area contributed by atoms with Crippen molar-refractivity contribution < 1.29 is 22.4 Å². The molecule has 0 radical (unpaired) electrons. The molecule has 1 rings (SSSR count). The molecule has 0 saturated carbocycles. The van der Waals surface area contributed by atoms with Gasteiger partial charge in [0.25, 0.3) is 5.91 Å². The van der Waals surface area contributed by atoms with Crippen LogP contribution >= 0.6 is 15.9 Å². The summed E-state index contributed by atoms with van der Waals surface area (Å²) < 4.78 is 49.1. The van der Waals surface area contributed by atoms with Crippen LogP contribution in [0.2, 0.25) is 0 Å². The molecule has 2 nitrogen and oxygen atoms in total. The number of rotatable bonds is 3. The summed E-state index contributed by atoms with van der Waals surface area (Å²) in [5.74, 6) is -1.12. The molecule has 0 fully saturated rings. The number of alkyl halides is 3. The molecule has 1 amide bonds. The van der Waals surface area contributed by atoms with Gasteiger partial charge in [-0.2, -0.15) is 13.2 Å². The fraction of sp³-hybridized carbons (Fsp3) is 0.364. The van der Waals surface area contributed by atoms with Crippen LogP contribution in [0.4, 0.5) is 17.6 Å². The van der Waals surface area contributed by atoms with Gasteiger partial charge in [0, 0.05) is 19.2 Å². The summed E-state index contributed by atoms with van der Waals surface area (Å²) in [6, 6.07) is 3.54. The smallest absolute Gasteiger partial charge is 0.341 e. The number of amides is 1. The maximum atomic E-state index is 12.9. The van der Waals surface area contributed by atoms with Gasteiger partial charge in [0.1, 0.15) is 5.82 Å². The van der Waals surface area contributed by atoms with Crippen molar-refractivity contribution in [1.29, 1.82) is 0 Å². The molecule has 0 N–H and O–H groups in total. The van der Waals surface area contributed by atoms with Crippen LogP contribution in [0.3, 0.4) is 0 Å². The highest BCUT2D eigenvalue weighted by atomic mass is 79.9. The minimum atomic E-state index is -4.31. The molecule has 1 aromatic rings. The zero-order valence-corrected chi connectivity index (χ0v) is 11.0. The van der Waals surface area contributed by atoms with Crippen molar-refractivity contribution in [3.8, 4) is 0 Å². The van der Waals surface area contributed by atoms with E-state index in [0.717, 1.165) is 11.0 Å². The molecule has 0 bridgehead atoms. The predicted molar refractivity (Wildman–Crippen MR) is 61.7 cm³/mol. The highest BCUT2D eigenvalue weighted by molar-refractivity contribution is 9.10. The zero-order valence-electron chi connectivity index (χ0n) is 9.39. The van der Waals surface area contributed by atoms with E-state index in [1.165, 1.54) is 19.2 Å². The van der Waals surface area contributed by atoms with Gasteiger partial charge in [0.2, 0.25) is 0 Å². The Labute approximate surface area is 110 Å². The van der Waals surface area contributed by atoms with Gasteiger partial charge in [-0.05, 0) is 34.1 Å². The standard InChI is InChI=1S/C11H10BrF4NO/c1-17(5-4-11(14,15)16)10(18)7-2-3-9(13)8(12)6-7/h2-3,6H,4-5H2,1H3. The lowest BCUT2D eigenvalue weighted by Gasteiger charge is -2.18. The third-order valence-electron chi connectivity index (χ3n) is 2.24. The van der Waals surface area contributed by atoms with E-state index in [1.54, 1.807) is 0 Å². The minimum absolute atomic E-state index is 0.0950. The third-order valence-corrected chi connectivity index (χ3v) is 2.85. The summed E-state index contributed by atoms with van der Waals surface area (Å²) in [6.45, 7) is -0.433. The third kappa shape index (κ3) is 4.29. The minimum Gasteiger partial charge on any atom is -0.341 e. The van der Waals surface area contributed by atoms with Crippen molar-refractivity contribution in [3.05, 3.63) is 34.1 Å². The van der Waals surface area contributed by atoms with Crippen LogP contribution < -0.4 is 0 Å². The Morgan fingerprint density at radius 1 is 1.39 bits per heavy atom. The summed E-state index contributed by atoms with van der Waals surface area (Å²) in [5, 5.41) is 0. The molecule has 0 spiro atoms. The van der Waals surface area contributed by atoms with E-state index in [1.807, 2.05) is 0 Å². The van der Waals surface area contributed by atoms with Crippen LogP contribution in [0.5, 0.6) is 0 Å². The first kappa shape index (κ1) is 14.9. The summed E-state index contributed by atoms with van der Waals surface area (Å²) in [5.41, 5.74) is 0.132. The highest BCUT2D eigenvalue weighted by Gasteiger charge is 2.28. The lowest BCUT2D eigenvalue weighted by atomic mass is 10.2. The van der Waals surface area contributed by atoms with Crippen molar-refractivity contribution in [2.24, 2.45) is 0 Å². The second-order valence-corrected chi connectivity index (χ2v) is 4.58. The van der Waals surface area contributed by atoms with Crippen molar-refractivity contribution in [2.45, 2.75) is 12.6 Å². The predicted octanol–water partition coefficient (Wildman–Crippen LogP) is 3.61. The number of hydrogen-bond donors (Lipinski definition) is 0. The first-order valence-corrected chi connectivity index (χ1v) is 5.77. The van der Waals surface area contributed by atoms with Crippen molar-refractivity contribution in [3.63, 3.8) is 0 Å². The van der Waals surface area contributed by atoms with Crippen molar-refractivity contribution in [1.82, 2.24) is 4.90 Å². The largest absolute Gasteiger partial charge is 0.390 e. The van der Waals surface area contributed by atoms with Crippen molar-refractivity contribution in [2.75, 3.05) is 13.6 Å². The zero-order chi connectivity index (χ0) is 13.9. The average Bonchev–Trinajstić information content (AvgIpc) is 2.27. The number of benzene rings is 1. The fourth-order valence-electron chi connectivity index (χ4n) is 1.25. The average molecular weight is 328 g/mol. The quantitative estimate of drug-likeness (QED) is 0.776. The highest BCUT2D eigenvalue weighted by Crippen LogP contribution is 2.21. The second kappa shape index (κ2) is 5.69. The molecule has 0 atom stereocenters. The molecule has 100 valence electrons. The normalized spacial score (nSPS) is 11.4. The maximum absolute atomic E-state index is 12.9. The van der Waals surface area contributed by atoms with E-state index >= 15 is 0 Å². The summed E-state index contributed by atoms with van der Waals surface area (Å²) in [4.78, 5) is 12.7. The first-order chi connectivity index (χ1) is 8.20. The number of carbonyl (C=O) groups is 1. The Balaban J connectivity index is 2.71. The Kier molecular flexibility index (Phi) is 4.72. The number of carbonyl (C=O) groups excluding carboxylic acids is 1.